The van der Waals surface area contributed by atoms with Crippen LogP contribution in [0.1, 0.15) is 16.5 Å². The molecule has 1 unspecified atom stereocenters. The predicted octanol–water partition coefficient (Wildman–Crippen LogP) is 5.48. The zero-order valence-corrected chi connectivity index (χ0v) is 13.6. The fraction of sp³-hybridized carbons (Fsp3) is 0.200. The van der Waals surface area contributed by atoms with Gasteiger partial charge in [0, 0.05) is 11.1 Å². The van der Waals surface area contributed by atoms with E-state index in [1.807, 2.05) is 0 Å². The van der Waals surface area contributed by atoms with Crippen LogP contribution >= 0.6 is 34.8 Å². The van der Waals surface area contributed by atoms with Crippen molar-refractivity contribution in [3.63, 3.8) is 0 Å². The molecule has 6 heteroatoms. The van der Waals surface area contributed by atoms with Gasteiger partial charge in [0.25, 0.3) is 0 Å². The first-order chi connectivity index (χ1) is 9.97. The van der Waals surface area contributed by atoms with Crippen LogP contribution in [-0.2, 0) is 0 Å². The Labute approximate surface area is 137 Å². The van der Waals surface area contributed by atoms with Crippen molar-refractivity contribution >= 4 is 34.8 Å². The number of ether oxygens (including phenoxy) is 2. The summed E-state index contributed by atoms with van der Waals surface area (Å²) >= 11 is 18.6. The first kappa shape index (κ1) is 16.2. The molecule has 21 heavy (non-hydrogen) atoms. The van der Waals surface area contributed by atoms with Crippen LogP contribution in [0.25, 0.3) is 0 Å². The maximum Gasteiger partial charge on any atom is 0.165 e. The van der Waals surface area contributed by atoms with Gasteiger partial charge in [0.15, 0.2) is 11.6 Å². The molecule has 2 rings (SSSR count). The molecule has 0 radical (unpaired) electrons. The van der Waals surface area contributed by atoms with Crippen LogP contribution < -0.4 is 9.47 Å². The molecule has 0 fully saturated rings. The van der Waals surface area contributed by atoms with Crippen LogP contribution in [0.3, 0.4) is 0 Å². The SMILES string of the molecule is COc1ccc(C(Cl)c2cc(Cl)c(OC)cc2Cl)cc1F. The highest BCUT2D eigenvalue weighted by Gasteiger charge is 2.18. The van der Waals surface area contributed by atoms with E-state index in [2.05, 4.69) is 0 Å². The van der Waals surface area contributed by atoms with Gasteiger partial charge < -0.3 is 9.47 Å². The molecule has 0 aliphatic heterocycles. The number of halogens is 4. The van der Waals surface area contributed by atoms with Crippen molar-refractivity contribution in [1.82, 2.24) is 0 Å². The van der Waals surface area contributed by atoms with Gasteiger partial charge in [-0.3, -0.25) is 0 Å². The molecule has 2 aromatic carbocycles. The van der Waals surface area contributed by atoms with Crippen molar-refractivity contribution in [2.75, 3.05) is 14.2 Å². The van der Waals surface area contributed by atoms with Crippen molar-refractivity contribution in [3.05, 3.63) is 57.3 Å². The summed E-state index contributed by atoms with van der Waals surface area (Å²) in [6.45, 7) is 0. The molecule has 2 aromatic rings. The lowest BCUT2D eigenvalue weighted by Crippen LogP contribution is -1.98. The molecule has 0 aromatic heterocycles. The number of alkyl halides is 1. The lowest BCUT2D eigenvalue weighted by atomic mass is 10.0. The molecular formula is C15H12Cl3FO2. The van der Waals surface area contributed by atoms with Crippen molar-refractivity contribution in [3.8, 4) is 11.5 Å². The fourth-order valence-electron chi connectivity index (χ4n) is 1.91. The minimum Gasteiger partial charge on any atom is -0.495 e. The maximum absolute atomic E-state index is 13.8. The van der Waals surface area contributed by atoms with E-state index in [1.165, 1.54) is 26.4 Å². The third kappa shape index (κ3) is 3.37. The van der Waals surface area contributed by atoms with Gasteiger partial charge in [0.1, 0.15) is 5.75 Å². The Balaban J connectivity index is 2.42. The van der Waals surface area contributed by atoms with Gasteiger partial charge in [-0.15, -0.1) is 11.6 Å². The molecule has 0 heterocycles. The van der Waals surface area contributed by atoms with Gasteiger partial charge in [-0.2, -0.15) is 0 Å². The molecule has 0 spiro atoms. The second kappa shape index (κ2) is 6.73. The normalized spacial score (nSPS) is 12.1. The number of hydrogen-bond donors (Lipinski definition) is 0. The van der Waals surface area contributed by atoms with Gasteiger partial charge in [-0.25, -0.2) is 4.39 Å². The molecule has 0 bridgehead atoms. The van der Waals surface area contributed by atoms with E-state index in [9.17, 15) is 4.39 Å². The largest absolute Gasteiger partial charge is 0.495 e. The average Bonchev–Trinajstić information content (AvgIpc) is 2.48. The first-order valence-corrected chi connectivity index (χ1v) is 7.17. The summed E-state index contributed by atoms with van der Waals surface area (Å²) in [5.41, 5.74) is 1.13. The predicted molar refractivity (Wildman–Crippen MR) is 83.7 cm³/mol. The van der Waals surface area contributed by atoms with E-state index in [1.54, 1.807) is 18.2 Å². The van der Waals surface area contributed by atoms with Gasteiger partial charge in [0.2, 0.25) is 0 Å². The zero-order chi connectivity index (χ0) is 15.6. The van der Waals surface area contributed by atoms with Crippen LogP contribution in [0.2, 0.25) is 10.0 Å². The molecule has 1 atom stereocenters. The Bertz CT molecular complexity index is 662. The minimum absolute atomic E-state index is 0.154. The summed E-state index contributed by atoms with van der Waals surface area (Å²) in [6, 6.07) is 7.69. The third-order valence-corrected chi connectivity index (χ3v) is 4.12. The lowest BCUT2D eigenvalue weighted by molar-refractivity contribution is 0.386. The molecule has 0 amide bonds. The standard InChI is InChI=1S/C15H12Cl3FO2/c1-20-13-4-3-8(5-12(13)19)15(18)9-6-11(17)14(21-2)7-10(9)16/h3-7,15H,1-2H3. The number of benzene rings is 2. The second-order valence-electron chi connectivity index (χ2n) is 4.26. The van der Waals surface area contributed by atoms with Crippen molar-refractivity contribution in [2.24, 2.45) is 0 Å². The second-order valence-corrected chi connectivity index (χ2v) is 5.52. The zero-order valence-electron chi connectivity index (χ0n) is 11.3. The van der Waals surface area contributed by atoms with Crippen LogP contribution in [0, 0.1) is 5.82 Å². The van der Waals surface area contributed by atoms with E-state index in [4.69, 9.17) is 44.3 Å². The Morgan fingerprint density at radius 1 is 0.952 bits per heavy atom. The minimum atomic E-state index is -0.638. The summed E-state index contributed by atoms with van der Waals surface area (Å²) in [7, 11) is 2.89. The van der Waals surface area contributed by atoms with E-state index in [0.717, 1.165) is 0 Å². The number of rotatable bonds is 4. The van der Waals surface area contributed by atoms with E-state index in [0.29, 0.717) is 26.9 Å². The summed E-state index contributed by atoms with van der Waals surface area (Å²) in [6.07, 6.45) is 0. The molecular weight excluding hydrogens is 338 g/mol. The van der Waals surface area contributed by atoms with Crippen molar-refractivity contribution in [1.29, 1.82) is 0 Å². The lowest BCUT2D eigenvalue weighted by Gasteiger charge is -2.15. The van der Waals surface area contributed by atoms with Gasteiger partial charge in [0.05, 0.1) is 24.6 Å². The quantitative estimate of drug-likeness (QED) is 0.681. The first-order valence-electron chi connectivity index (χ1n) is 5.98. The van der Waals surface area contributed by atoms with Crippen molar-refractivity contribution in [2.45, 2.75) is 5.38 Å². The fourth-order valence-corrected chi connectivity index (χ4v) is 2.80. The average molecular weight is 350 g/mol. The summed E-state index contributed by atoms with van der Waals surface area (Å²) in [5, 5.41) is 0.144. The molecule has 2 nitrogen and oxygen atoms in total. The summed E-state index contributed by atoms with van der Waals surface area (Å²) in [5.74, 6) is 0.119. The molecule has 112 valence electrons. The van der Waals surface area contributed by atoms with Crippen LogP contribution in [0.15, 0.2) is 30.3 Å². The highest BCUT2D eigenvalue weighted by molar-refractivity contribution is 6.36. The third-order valence-electron chi connectivity index (χ3n) is 3.01. The maximum atomic E-state index is 13.8. The monoisotopic (exact) mass is 348 g/mol. The topological polar surface area (TPSA) is 18.5 Å². The number of methoxy groups -OCH3 is 2. The Morgan fingerprint density at radius 2 is 1.62 bits per heavy atom. The molecule has 0 aliphatic rings. The Kier molecular flexibility index (Phi) is 5.20. The van der Waals surface area contributed by atoms with E-state index >= 15 is 0 Å². The molecule has 0 N–H and O–H groups in total. The highest BCUT2D eigenvalue weighted by Crippen LogP contribution is 2.39. The van der Waals surface area contributed by atoms with Crippen molar-refractivity contribution < 1.29 is 13.9 Å². The molecule has 0 saturated carbocycles. The summed E-state index contributed by atoms with van der Waals surface area (Å²) < 4.78 is 23.7. The molecule has 0 saturated heterocycles. The Morgan fingerprint density at radius 3 is 2.19 bits per heavy atom. The van der Waals surface area contributed by atoms with Gasteiger partial charge >= 0.3 is 0 Å². The summed E-state index contributed by atoms with van der Waals surface area (Å²) in [4.78, 5) is 0. The van der Waals surface area contributed by atoms with E-state index < -0.39 is 11.2 Å². The smallest absolute Gasteiger partial charge is 0.165 e. The Hall–Kier alpha value is -1.16. The van der Waals surface area contributed by atoms with Crippen LogP contribution in [0.5, 0.6) is 11.5 Å². The van der Waals surface area contributed by atoms with Gasteiger partial charge in [-0.1, -0.05) is 29.3 Å². The number of hydrogen-bond acceptors (Lipinski definition) is 2. The van der Waals surface area contributed by atoms with E-state index in [-0.39, 0.29) is 5.75 Å². The van der Waals surface area contributed by atoms with Crippen LogP contribution in [-0.4, -0.2) is 14.2 Å². The van der Waals surface area contributed by atoms with Crippen LogP contribution in [0.4, 0.5) is 4.39 Å². The highest BCUT2D eigenvalue weighted by atomic mass is 35.5. The van der Waals surface area contributed by atoms with Gasteiger partial charge in [-0.05, 0) is 29.3 Å². The molecule has 0 aliphatic carbocycles.